The summed E-state index contributed by atoms with van der Waals surface area (Å²) in [5, 5.41) is 3.64. The lowest BCUT2D eigenvalue weighted by atomic mass is 10.1. The Morgan fingerprint density at radius 3 is 2.65 bits per heavy atom. The van der Waals surface area contributed by atoms with Crippen LogP contribution in [0, 0.1) is 6.92 Å². The minimum atomic E-state index is -0.0968. The molecule has 1 amide bonds. The van der Waals surface area contributed by atoms with Crippen molar-refractivity contribution in [2.75, 3.05) is 0 Å². The van der Waals surface area contributed by atoms with Crippen LogP contribution in [0.2, 0.25) is 5.02 Å². The Kier molecular flexibility index (Phi) is 4.84. The van der Waals surface area contributed by atoms with Gasteiger partial charge in [0.15, 0.2) is 0 Å². The Bertz CT molecular complexity index is 622. The summed E-state index contributed by atoms with van der Waals surface area (Å²) < 4.78 is 0.901. The molecule has 0 heterocycles. The predicted molar refractivity (Wildman–Crippen MR) is 86.2 cm³/mol. The molecule has 0 saturated carbocycles. The molecule has 0 saturated heterocycles. The first kappa shape index (κ1) is 15.1. The van der Waals surface area contributed by atoms with Crippen molar-refractivity contribution in [3.63, 3.8) is 0 Å². The molecule has 104 valence electrons. The standard InChI is InChI=1S/C16H15BrClNO/c1-10-6-13(8-14(17)7-10)16(20)19-11(2)12-4-3-5-15(18)9-12/h3-9,11H,1-2H3,(H,19,20). The molecule has 20 heavy (non-hydrogen) atoms. The number of rotatable bonds is 3. The van der Waals surface area contributed by atoms with Crippen LogP contribution in [-0.2, 0) is 0 Å². The van der Waals surface area contributed by atoms with Crippen LogP contribution >= 0.6 is 27.5 Å². The minimum absolute atomic E-state index is 0.0955. The molecule has 2 nitrogen and oxygen atoms in total. The third-order valence-corrected chi connectivity index (χ3v) is 3.69. The number of hydrogen-bond donors (Lipinski definition) is 1. The van der Waals surface area contributed by atoms with Crippen molar-refractivity contribution in [3.8, 4) is 0 Å². The molecular weight excluding hydrogens is 338 g/mol. The van der Waals surface area contributed by atoms with E-state index >= 15 is 0 Å². The molecular formula is C16H15BrClNO. The third kappa shape index (κ3) is 3.84. The summed E-state index contributed by atoms with van der Waals surface area (Å²) in [6, 6.07) is 13.1. The van der Waals surface area contributed by atoms with Gasteiger partial charge in [-0.2, -0.15) is 0 Å². The van der Waals surface area contributed by atoms with Crippen LogP contribution in [0.25, 0.3) is 0 Å². The number of amides is 1. The SMILES string of the molecule is Cc1cc(Br)cc(C(=O)NC(C)c2cccc(Cl)c2)c1. The van der Waals surface area contributed by atoms with E-state index in [1.54, 1.807) is 0 Å². The van der Waals surface area contributed by atoms with Crippen molar-refractivity contribution in [2.24, 2.45) is 0 Å². The second-order valence-electron chi connectivity index (χ2n) is 4.77. The van der Waals surface area contributed by atoms with Gasteiger partial charge in [0.25, 0.3) is 5.91 Å². The molecule has 2 aromatic carbocycles. The molecule has 0 aliphatic carbocycles. The van der Waals surface area contributed by atoms with E-state index in [4.69, 9.17) is 11.6 Å². The summed E-state index contributed by atoms with van der Waals surface area (Å²) >= 11 is 9.37. The van der Waals surface area contributed by atoms with Gasteiger partial charge in [0.05, 0.1) is 6.04 Å². The van der Waals surface area contributed by atoms with Crippen LogP contribution in [0.1, 0.15) is 34.5 Å². The maximum absolute atomic E-state index is 12.3. The number of carbonyl (C=O) groups is 1. The first-order chi connectivity index (χ1) is 9.45. The van der Waals surface area contributed by atoms with Gasteiger partial charge in [0.1, 0.15) is 0 Å². The quantitative estimate of drug-likeness (QED) is 0.836. The molecule has 1 N–H and O–H groups in total. The van der Waals surface area contributed by atoms with Crippen molar-refractivity contribution < 1.29 is 4.79 Å². The van der Waals surface area contributed by atoms with E-state index in [1.165, 1.54) is 0 Å². The maximum atomic E-state index is 12.3. The molecule has 0 aliphatic rings. The molecule has 0 bridgehead atoms. The Hall–Kier alpha value is -1.32. The van der Waals surface area contributed by atoms with Gasteiger partial charge in [-0.25, -0.2) is 0 Å². The van der Waals surface area contributed by atoms with Gasteiger partial charge >= 0.3 is 0 Å². The topological polar surface area (TPSA) is 29.1 Å². The Morgan fingerprint density at radius 1 is 1.25 bits per heavy atom. The molecule has 0 spiro atoms. The third-order valence-electron chi connectivity index (χ3n) is 3.00. The average Bonchev–Trinajstić information content (AvgIpc) is 2.37. The summed E-state index contributed by atoms with van der Waals surface area (Å²) in [5.74, 6) is -0.0955. The van der Waals surface area contributed by atoms with Crippen LogP contribution in [0.4, 0.5) is 0 Å². The summed E-state index contributed by atoms with van der Waals surface area (Å²) in [6.07, 6.45) is 0. The van der Waals surface area contributed by atoms with E-state index in [0.717, 1.165) is 15.6 Å². The highest BCUT2D eigenvalue weighted by molar-refractivity contribution is 9.10. The van der Waals surface area contributed by atoms with Crippen molar-refractivity contribution in [1.82, 2.24) is 5.32 Å². The van der Waals surface area contributed by atoms with E-state index in [0.29, 0.717) is 10.6 Å². The first-order valence-electron chi connectivity index (χ1n) is 6.29. The van der Waals surface area contributed by atoms with Gasteiger partial charge in [0, 0.05) is 15.1 Å². The predicted octanol–water partition coefficient (Wildman–Crippen LogP) is 4.90. The van der Waals surface area contributed by atoms with Crippen LogP contribution in [0.15, 0.2) is 46.9 Å². The van der Waals surface area contributed by atoms with E-state index in [-0.39, 0.29) is 11.9 Å². The van der Waals surface area contributed by atoms with E-state index < -0.39 is 0 Å². The molecule has 2 aromatic rings. The molecule has 0 radical (unpaired) electrons. The van der Waals surface area contributed by atoms with Crippen LogP contribution < -0.4 is 5.32 Å². The van der Waals surface area contributed by atoms with E-state index in [9.17, 15) is 4.79 Å². The van der Waals surface area contributed by atoms with Crippen molar-refractivity contribution in [1.29, 1.82) is 0 Å². The second-order valence-corrected chi connectivity index (χ2v) is 6.12. The average molecular weight is 353 g/mol. The fourth-order valence-electron chi connectivity index (χ4n) is 2.01. The van der Waals surface area contributed by atoms with Crippen LogP contribution in [-0.4, -0.2) is 5.91 Å². The van der Waals surface area contributed by atoms with E-state index in [2.05, 4.69) is 21.2 Å². The van der Waals surface area contributed by atoms with Gasteiger partial charge in [-0.3, -0.25) is 4.79 Å². The lowest BCUT2D eigenvalue weighted by Crippen LogP contribution is -2.26. The summed E-state index contributed by atoms with van der Waals surface area (Å²) in [6.45, 7) is 3.90. The van der Waals surface area contributed by atoms with Crippen LogP contribution in [0.3, 0.4) is 0 Å². The fraction of sp³-hybridized carbons (Fsp3) is 0.188. The van der Waals surface area contributed by atoms with Crippen LogP contribution in [0.5, 0.6) is 0 Å². The lowest BCUT2D eigenvalue weighted by Gasteiger charge is -2.15. The van der Waals surface area contributed by atoms with Gasteiger partial charge in [-0.1, -0.05) is 39.7 Å². The minimum Gasteiger partial charge on any atom is -0.346 e. The molecule has 0 aromatic heterocycles. The highest BCUT2D eigenvalue weighted by Crippen LogP contribution is 2.19. The zero-order valence-corrected chi connectivity index (χ0v) is 13.6. The Morgan fingerprint density at radius 2 is 2.00 bits per heavy atom. The highest BCUT2D eigenvalue weighted by Gasteiger charge is 2.12. The fourth-order valence-corrected chi connectivity index (χ4v) is 2.81. The summed E-state index contributed by atoms with van der Waals surface area (Å²) in [7, 11) is 0. The molecule has 1 atom stereocenters. The second kappa shape index (κ2) is 6.42. The summed E-state index contributed by atoms with van der Waals surface area (Å²) in [4.78, 5) is 12.3. The largest absolute Gasteiger partial charge is 0.346 e. The van der Waals surface area contributed by atoms with Gasteiger partial charge in [-0.15, -0.1) is 0 Å². The maximum Gasteiger partial charge on any atom is 0.251 e. The molecule has 4 heteroatoms. The zero-order chi connectivity index (χ0) is 14.7. The van der Waals surface area contributed by atoms with E-state index in [1.807, 2.05) is 56.3 Å². The molecule has 2 rings (SSSR count). The van der Waals surface area contributed by atoms with Gasteiger partial charge in [-0.05, 0) is 55.3 Å². The summed E-state index contributed by atoms with van der Waals surface area (Å²) in [5.41, 5.74) is 2.67. The number of halogens is 2. The molecule has 1 unspecified atom stereocenters. The van der Waals surface area contributed by atoms with Crippen molar-refractivity contribution >= 4 is 33.4 Å². The first-order valence-corrected chi connectivity index (χ1v) is 7.46. The van der Waals surface area contributed by atoms with Crippen molar-refractivity contribution in [2.45, 2.75) is 19.9 Å². The van der Waals surface area contributed by atoms with Crippen molar-refractivity contribution in [3.05, 3.63) is 68.7 Å². The van der Waals surface area contributed by atoms with Gasteiger partial charge in [0.2, 0.25) is 0 Å². The molecule has 0 fully saturated rings. The van der Waals surface area contributed by atoms with Gasteiger partial charge < -0.3 is 5.32 Å². The number of nitrogens with one attached hydrogen (secondary N) is 1. The highest BCUT2D eigenvalue weighted by atomic mass is 79.9. The Labute approximate surface area is 132 Å². The monoisotopic (exact) mass is 351 g/mol. The number of carbonyl (C=O) groups excluding carboxylic acids is 1. The number of benzene rings is 2. The number of aryl methyl sites for hydroxylation is 1. The molecule has 0 aliphatic heterocycles. The zero-order valence-electron chi connectivity index (χ0n) is 11.3. The normalized spacial score (nSPS) is 12.0. The Balaban J connectivity index is 2.15. The lowest BCUT2D eigenvalue weighted by molar-refractivity contribution is 0.0939. The smallest absolute Gasteiger partial charge is 0.251 e. The number of hydrogen-bond acceptors (Lipinski definition) is 1.